The lowest BCUT2D eigenvalue weighted by Crippen LogP contribution is -2.54. The van der Waals surface area contributed by atoms with Gasteiger partial charge in [-0.2, -0.15) is 0 Å². The Balaban J connectivity index is 1.71. The van der Waals surface area contributed by atoms with Crippen molar-refractivity contribution in [2.45, 2.75) is 75.9 Å². The standard InChI is InChI=1S/C32H37Cl2N3O4S/c1-3-30(32(39)35-27-10-6-4-7-11-27)36(21-24-16-14-23(2)15-17-24)31(38)22-37(28-19-25(33)18-26(34)20-28)42(40,41)29-12-8-5-9-13-29/h5,8-9,12-20,27,30H,3-4,6-7,10-11,21-22H2,1-2H3,(H,35,39)/t30-/m0/s1. The Hall–Kier alpha value is -3.07. The minimum Gasteiger partial charge on any atom is -0.352 e. The van der Waals surface area contributed by atoms with Crippen LogP contribution < -0.4 is 9.62 Å². The first-order valence-corrected chi connectivity index (χ1v) is 16.5. The molecule has 0 unspecified atom stereocenters. The van der Waals surface area contributed by atoms with Crippen LogP contribution in [0.2, 0.25) is 10.0 Å². The van der Waals surface area contributed by atoms with Crippen LogP contribution in [-0.2, 0) is 26.2 Å². The van der Waals surface area contributed by atoms with E-state index in [1.807, 2.05) is 38.1 Å². The number of hydrogen-bond donors (Lipinski definition) is 1. The summed E-state index contributed by atoms with van der Waals surface area (Å²) in [6.45, 7) is 3.43. The maximum atomic E-state index is 14.2. The second kappa shape index (κ2) is 14.4. The average molecular weight is 631 g/mol. The van der Waals surface area contributed by atoms with E-state index in [0.29, 0.717) is 6.42 Å². The van der Waals surface area contributed by atoms with E-state index in [0.717, 1.165) is 47.5 Å². The van der Waals surface area contributed by atoms with Gasteiger partial charge in [0.25, 0.3) is 10.0 Å². The van der Waals surface area contributed by atoms with Crippen LogP contribution in [0.25, 0.3) is 0 Å². The van der Waals surface area contributed by atoms with Gasteiger partial charge in [0.2, 0.25) is 11.8 Å². The Morgan fingerprint density at radius 3 is 2.14 bits per heavy atom. The van der Waals surface area contributed by atoms with E-state index in [1.165, 1.54) is 35.2 Å². The molecule has 1 atom stereocenters. The van der Waals surface area contributed by atoms with Crippen LogP contribution in [0.1, 0.15) is 56.6 Å². The van der Waals surface area contributed by atoms with Crippen LogP contribution in [0.3, 0.4) is 0 Å². The molecule has 0 bridgehead atoms. The van der Waals surface area contributed by atoms with Crippen molar-refractivity contribution < 1.29 is 18.0 Å². The summed E-state index contributed by atoms with van der Waals surface area (Å²) in [4.78, 5) is 29.3. The van der Waals surface area contributed by atoms with Gasteiger partial charge in [-0.25, -0.2) is 8.42 Å². The van der Waals surface area contributed by atoms with E-state index in [9.17, 15) is 18.0 Å². The molecule has 1 fully saturated rings. The van der Waals surface area contributed by atoms with Crippen molar-refractivity contribution in [3.8, 4) is 0 Å². The van der Waals surface area contributed by atoms with Gasteiger partial charge in [0.15, 0.2) is 0 Å². The second-order valence-electron chi connectivity index (χ2n) is 10.7. The number of hydrogen-bond acceptors (Lipinski definition) is 4. The molecule has 10 heteroatoms. The van der Waals surface area contributed by atoms with E-state index >= 15 is 0 Å². The molecule has 1 saturated carbocycles. The molecular weight excluding hydrogens is 593 g/mol. The highest BCUT2D eigenvalue weighted by molar-refractivity contribution is 7.92. The third-order valence-corrected chi connectivity index (χ3v) is 9.78. The first-order valence-electron chi connectivity index (χ1n) is 14.3. The van der Waals surface area contributed by atoms with Crippen molar-refractivity contribution in [2.75, 3.05) is 10.8 Å². The lowest BCUT2D eigenvalue weighted by molar-refractivity contribution is -0.140. The molecular formula is C32H37Cl2N3O4S. The average Bonchev–Trinajstić information content (AvgIpc) is 2.97. The molecule has 4 rings (SSSR count). The Kier molecular flexibility index (Phi) is 10.9. The van der Waals surface area contributed by atoms with E-state index in [2.05, 4.69) is 5.32 Å². The molecule has 1 aliphatic carbocycles. The molecule has 3 aromatic carbocycles. The molecule has 0 spiro atoms. The monoisotopic (exact) mass is 629 g/mol. The van der Waals surface area contributed by atoms with Crippen LogP contribution in [0.5, 0.6) is 0 Å². The van der Waals surface area contributed by atoms with Crippen molar-refractivity contribution in [1.29, 1.82) is 0 Å². The van der Waals surface area contributed by atoms with Crippen molar-refractivity contribution >= 4 is 50.7 Å². The summed E-state index contributed by atoms with van der Waals surface area (Å²) < 4.78 is 28.9. The Labute approximate surface area is 258 Å². The van der Waals surface area contributed by atoms with E-state index < -0.39 is 28.5 Å². The number of carbonyl (C=O) groups is 2. The SMILES string of the molecule is CC[C@@H](C(=O)NC1CCCCC1)N(Cc1ccc(C)cc1)C(=O)CN(c1cc(Cl)cc(Cl)c1)S(=O)(=O)c1ccccc1. The molecule has 2 amide bonds. The number of carbonyl (C=O) groups excluding carboxylic acids is 2. The topological polar surface area (TPSA) is 86.8 Å². The lowest BCUT2D eigenvalue weighted by Gasteiger charge is -2.34. The number of anilines is 1. The number of nitrogens with zero attached hydrogens (tertiary/aromatic N) is 2. The molecule has 0 saturated heterocycles. The van der Waals surface area contributed by atoms with Crippen LogP contribution in [-0.4, -0.2) is 43.8 Å². The van der Waals surface area contributed by atoms with Gasteiger partial charge in [-0.3, -0.25) is 13.9 Å². The van der Waals surface area contributed by atoms with Crippen LogP contribution in [0.4, 0.5) is 5.69 Å². The molecule has 0 radical (unpaired) electrons. The summed E-state index contributed by atoms with van der Waals surface area (Å²) in [6, 6.07) is 19.3. The second-order valence-corrected chi connectivity index (χ2v) is 13.5. The summed E-state index contributed by atoms with van der Waals surface area (Å²) in [7, 11) is -4.20. The molecule has 0 heterocycles. The van der Waals surface area contributed by atoms with Gasteiger partial charge in [-0.05, 0) is 62.1 Å². The minimum absolute atomic E-state index is 0.0149. The van der Waals surface area contributed by atoms with E-state index in [1.54, 1.807) is 18.2 Å². The molecule has 42 heavy (non-hydrogen) atoms. The Morgan fingerprint density at radius 1 is 0.929 bits per heavy atom. The largest absolute Gasteiger partial charge is 0.352 e. The summed E-state index contributed by atoms with van der Waals surface area (Å²) in [6.07, 6.45) is 5.45. The molecule has 3 aromatic rings. The third-order valence-electron chi connectivity index (χ3n) is 7.56. The highest BCUT2D eigenvalue weighted by Gasteiger charge is 2.34. The normalized spacial score (nSPS) is 14.7. The van der Waals surface area contributed by atoms with Crippen molar-refractivity contribution in [2.24, 2.45) is 0 Å². The fraction of sp³-hybridized carbons (Fsp3) is 0.375. The summed E-state index contributed by atoms with van der Waals surface area (Å²) in [5.41, 5.74) is 2.05. The van der Waals surface area contributed by atoms with Gasteiger partial charge in [0, 0.05) is 22.6 Å². The third kappa shape index (κ3) is 8.06. The highest BCUT2D eigenvalue weighted by atomic mass is 35.5. The predicted octanol–water partition coefficient (Wildman–Crippen LogP) is 6.75. The Morgan fingerprint density at radius 2 is 1.55 bits per heavy atom. The number of rotatable bonds is 11. The number of aryl methyl sites for hydroxylation is 1. The summed E-state index contributed by atoms with van der Waals surface area (Å²) in [5.74, 6) is -0.745. The van der Waals surface area contributed by atoms with E-state index in [-0.39, 0.29) is 39.1 Å². The first kappa shape index (κ1) is 31.9. The Bertz CT molecular complexity index is 1460. The number of amides is 2. The van der Waals surface area contributed by atoms with Crippen LogP contribution >= 0.6 is 23.2 Å². The van der Waals surface area contributed by atoms with Crippen molar-refractivity contribution in [3.63, 3.8) is 0 Å². The zero-order chi connectivity index (χ0) is 30.3. The van der Waals surface area contributed by atoms with Gasteiger partial charge < -0.3 is 10.2 Å². The van der Waals surface area contributed by atoms with Crippen molar-refractivity contribution in [1.82, 2.24) is 10.2 Å². The minimum atomic E-state index is -4.20. The van der Waals surface area contributed by atoms with Gasteiger partial charge in [-0.1, -0.05) is 97.4 Å². The quantitative estimate of drug-likeness (QED) is 0.254. The first-order chi connectivity index (χ1) is 20.1. The molecule has 1 N–H and O–H groups in total. The van der Waals surface area contributed by atoms with Gasteiger partial charge in [0.1, 0.15) is 12.6 Å². The number of benzene rings is 3. The molecule has 0 aliphatic heterocycles. The van der Waals surface area contributed by atoms with E-state index in [4.69, 9.17) is 23.2 Å². The number of sulfonamides is 1. The lowest BCUT2D eigenvalue weighted by atomic mass is 9.95. The maximum Gasteiger partial charge on any atom is 0.264 e. The maximum absolute atomic E-state index is 14.2. The fourth-order valence-electron chi connectivity index (χ4n) is 5.29. The number of halogens is 2. The van der Waals surface area contributed by atoms with Crippen LogP contribution in [0.15, 0.2) is 77.7 Å². The van der Waals surface area contributed by atoms with Gasteiger partial charge >= 0.3 is 0 Å². The zero-order valence-electron chi connectivity index (χ0n) is 23.9. The smallest absolute Gasteiger partial charge is 0.264 e. The molecule has 7 nitrogen and oxygen atoms in total. The summed E-state index contributed by atoms with van der Waals surface area (Å²) >= 11 is 12.5. The molecule has 1 aliphatic rings. The summed E-state index contributed by atoms with van der Waals surface area (Å²) in [5, 5.41) is 3.62. The predicted molar refractivity (Wildman–Crippen MR) is 168 cm³/mol. The highest BCUT2D eigenvalue weighted by Crippen LogP contribution is 2.30. The molecule has 0 aromatic heterocycles. The van der Waals surface area contributed by atoms with Gasteiger partial charge in [0.05, 0.1) is 10.6 Å². The zero-order valence-corrected chi connectivity index (χ0v) is 26.3. The molecule has 224 valence electrons. The fourth-order valence-corrected chi connectivity index (χ4v) is 7.22. The van der Waals surface area contributed by atoms with Crippen LogP contribution in [0, 0.1) is 6.92 Å². The van der Waals surface area contributed by atoms with Gasteiger partial charge in [-0.15, -0.1) is 0 Å². The number of nitrogens with one attached hydrogen (secondary N) is 1. The van der Waals surface area contributed by atoms with Crippen molar-refractivity contribution in [3.05, 3.63) is 94.0 Å².